The number of esters is 1. The molecule has 0 saturated heterocycles. The maximum atomic E-state index is 11.4. The number of hydrogen-bond acceptors (Lipinski definition) is 6. The molecule has 1 aromatic heterocycles. The maximum Gasteiger partial charge on any atom is 0.357 e. The zero-order valence-electron chi connectivity index (χ0n) is 10.9. The number of aromatic nitrogens is 1. The Morgan fingerprint density at radius 2 is 2.28 bits per heavy atom. The smallest absolute Gasteiger partial charge is 0.357 e. The van der Waals surface area contributed by atoms with Crippen molar-refractivity contribution >= 4 is 17.3 Å². The number of aliphatic hydroxyl groups is 1. The normalized spacial score (nSPS) is 14.6. The first kappa shape index (κ1) is 15.1. The van der Waals surface area contributed by atoms with Crippen molar-refractivity contribution in [3.8, 4) is 0 Å². The summed E-state index contributed by atoms with van der Waals surface area (Å²) in [4.78, 5) is 15.5. The fourth-order valence-corrected chi connectivity index (χ4v) is 2.16. The number of aliphatic hydroxyl groups excluding tert-OH is 1. The van der Waals surface area contributed by atoms with E-state index in [9.17, 15) is 9.90 Å². The minimum atomic E-state index is -0.726. The predicted molar refractivity (Wildman–Crippen MR) is 70.5 cm³/mol. The molecule has 0 bridgehead atoms. The number of carbonyl (C=O) groups is 1. The van der Waals surface area contributed by atoms with Gasteiger partial charge in [-0.1, -0.05) is 13.8 Å². The summed E-state index contributed by atoms with van der Waals surface area (Å²) < 4.78 is 4.84. The van der Waals surface area contributed by atoms with E-state index in [1.165, 1.54) is 11.3 Å². The Hall–Kier alpha value is -0.980. The second kappa shape index (κ2) is 6.82. The summed E-state index contributed by atoms with van der Waals surface area (Å²) >= 11 is 1.25. The van der Waals surface area contributed by atoms with Gasteiger partial charge in [0.25, 0.3) is 0 Å². The molecule has 0 aliphatic carbocycles. The lowest BCUT2D eigenvalue weighted by molar-refractivity contribution is 0.0519. The predicted octanol–water partition coefficient (Wildman–Crippen LogP) is 1.73. The molecule has 5 nitrogen and oxygen atoms in total. The molecule has 102 valence electrons. The highest BCUT2D eigenvalue weighted by molar-refractivity contribution is 7.09. The molecule has 0 saturated carbocycles. The van der Waals surface area contributed by atoms with Crippen molar-refractivity contribution < 1.29 is 14.6 Å². The highest BCUT2D eigenvalue weighted by Crippen LogP contribution is 2.23. The Bertz CT molecular complexity index is 392. The number of nitrogens with zero attached hydrogens (tertiary/aromatic N) is 1. The summed E-state index contributed by atoms with van der Waals surface area (Å²) in [6, 6.07) is -0.0880. The van der Waals surface area contributed by atoms with E-state index in [2.05, 4.69) is 4.98 Å². The lowest BCUT2D eigenvalue weighted by Gasteiger charge is -2.17. The van der Waals surface area contributed by atoms with Crippen LogP contribution in [0.2, 0.25) is 0 Å². The minimum Gasteiger partial charge on any atom is -0.461 e. The average molecular weight is 272 g/mol. The molecule has 1 aromatic rings. The summed E-state index contributed by atoms with van der Waals surface area (Å²) in [6.45, 7) is 6.06. The molecule has 2 atom stereocenters. The van der Waals surface area contributed by atoms with Gasteiger partial charge in [0, 0.05) is 11.4 Å². The minimum absolute atomic E-state index is 0.0880. The Balaban J connectivity index is 2.64. The molecular formula is C12H20N2O3S. The molecule has 0 fully saturated rings. The van der Waals surface area contributed by atoms with Gasteiger partial charge in [0.05, 0.1) is 6.61 Å². The highest BCUT2D eigenvalue weighted by atomic mass is 32.1. The molecule has 6 heteroatoms. The standard InChI is InChI=1S/C12H20N2O3S/c1-4-17-12(16)9-6-18-11(14-9)10(15)5-8(13)7(2)3/h6-8,10,15H,4-5,13H2,1-3H3/t8-,10-/m1/s1. The lowest BCUT2D eigenvalue weighted by Crippen LogP contribution is -2.28. The number of nitrogens with two attached hydrogens (primary N) is 1. The first-order valence-corrected chi connectivity index (χ1v) is 6.89. The van der Waals surface area contributed by atoms with Gasteiger partial charge in [-0.05, 0) is 19.3 Å². The van der Waals surface area contributed by atoms with E-state index in [4.69, 9.17) is 10.5 Å². The molecule has 0 amide bonds. The third kappa shape index (κ3) is 4.04. The third-order valence-corrected chi connectivity index (χ3v) is 3.59. The second-order valence-corrected chi connectivity index (χ2v) is 5.34. The van der Waals surface area contributed by atoms with Crippen LogP contribution >= 0.6 is 11.3 Å². The van der Waals surface area contributed by atoms with E-state index in [-0.39, 0.29) is 11.7 Å². The molecule has 0 unspecified atom stereocenters. The van der Waals surface area contributed by atoms with Crippen molar-refractivity contribution in [1.29, 1.82) is 0 Å². The van der Waals surface area contributed by atoms with Gasteiger partial charge in [-0.2, -0.15) is 0 Å². The molecular weight excluding hydrogens is 252 g/mol. The van der Waals surface area contributed by atoms with Crippen molar-refractivity contribution in [2.45, 2.75) is 39.3 Å². The van der Waals surface area contributed by atoms with Crippen molar-refractivity contribution in [2.24, 2.45) is 11.7 Å². The number of ether oxygens (including phenoxy) is 1. The van der Waals surface area contributed by atoms with Crippen molar-refractivity contribution in [2.75, 3.05) is 6.61 Å². The van der Waals surface area contributed by atoms with Gasteiger partial charge >= 0.3 is 5.97 Å². The average Bonchev–Trinajstić information content (AvgIpc) is 2.78. The van der Waals surface area contributed by atoms with Crippen molar-refractivity contribution in [3.63, 3.8) is 0 Å². The highest BCUT2D eigenvalue weighted by Gasteiger charge is 2.20. The Labute approximate surface area is 111 Å². The number of carbonyl (C=O) groups excluding carboxylic acids is 1. The fourth-order valence-electron chi connectivity index (χ4n) is 1.37. The van der Waals surface area contributed by atoms with Crippen LogP contribution < -0.4 is 5.73 Å². The van der Waals surface area contributed by atoms with Gasteiger partial charge in [0.1, 0.15) is 11.1 Å². The van der Waals surface area contributed by atoms with Crippen molar-refractivity contribution in [3.05, 3.63) is 16.1 Å². The number of hydrogen-bond donors (Lipinski definition) is 2. The summed E-state index contributed by atoms with van der Waals surface area (Å²) in [6.07, 6.45) is -0.288. The maximum absolute atomic E-state index is 11.4. The third-order valence-electron chi connectivity index (χ3n) is 2.64. The largest absolute Gasteiger partial charge is 0.461 e. The Kier molecular flexibility index (Phi) is 5.71. The molecule has 18 heavy (non-hydrogen) atoms. The fraction of sp³-hybridized carbons (Fsp3) is 0.667. The van der Waals surface area contributed by atoms with Crippen LogP contribution in [0, 0.1) is 5.92 Å². The van der Waals surface area contributed by atoms with Crippen LogP contribution in [-0.2, 0) is 4.74 Å². The molecule has 1 rings (SSSR count). The Morgan fingerprint density at radius 1 is 1.61 bits per heavy atom. The van der Waals surface area contributed by atoms with E-state index in [0.717, 1.165) is 0 Å². The van der Waals surface area contributed by atoms with Gasteiger partial charge in [-0.25, -0.2) is 9.78 Å². The molecule has 1 heterocycles. The molecule has 0 radical (unpaired) electrons. The monoisotopic (exact) mass is 272 g/mol. The SMILES string of the molecule is CCOC(=O)c1csc([C@H](O)C[C@@H](N)C(C)C)n1. The molecule has 0 aliphatic heterocycles. The van der Waals surface area contributed by atoms with Crippen LogP contribution in [0.25, 0.3) is 0 Å². The van der Waals surface area contributed by atoms with Gasteiger partial charge in [-0.3, -0.25) is 0 Å². The van der Waals surface area contributed by atoms with E-state index in [1.54, 1.807) is 12.3 Å². The molecule has 0 aromatic carbocycles. The van der Waals surface area contributed by atoms with Crippen LogP contribution in [0.15, 0.2) is 5.38 Å². The topological polar surface area (TPSA) is 85.4 Å². The number of thiazole rings is 1. The van der Waals surface area contributed by atoms with Crippen molar-refractivity contribution in [1.82, 2.24) is 4.98 Å². The summed E-state index contributed by atoms with van der Waals surface area (Å²) in [5, 5.41) is 12.1. The zero-order valence-corrected chi connectivity index (χ0v) is 11.7. The van der Waals surface area contributed by atoms with Crippen LogP contribution in [0.4, 0.5) is 0 Å². The van der Waals surface area contributed by atoms with Gasteiger partial charge in [0.2, 0.25) is 0 Å². The van der Waals surface area contributed by atoms with Gasteiger partial charge < -0.3 is 15.6 Å². The van der Waals surface area contributed by atoms with Crippen LogP contribution in [0.5, 0.6) is 0 Å². The first-order valence-electron chi connectivity index (χ1n) is 6.01. The van der Waals surface area contributed by atoms with Crippen LogP contribution in [-0.4, -0.2) is 28.7 Å². The van der Waals surface area contributed by atoms with E-state index in [1.807, 2.05) is 13.8 Å². The Morgan fingerprint density at radius 3 is 2.83 bits per heavy atom. The molecule has 0 aliphatic rings. The first-order chi connectivity index (χ1) is 8.45. The van der Waals surface area contributed by atoms with E-state index < -0.39 is 12.1 Å². The number of rotatable bonds is 6. The van der Waals surface area contributed by atoms with E-state index >= 15 is 0 Å². The lowest BCUT2D eigenvalue weighted by atomic mass is 9.99. The zero-order chi connectivity index (χ0) is 13.7. The van der Waals surface area contributed by atoms with E-state index in [0.29, 0.717) is 24.0 Å². The van der Waals surface area contributed by atoms with Crippen LogP contribution in [0.3, 0.4) is 0 Å². The van der Waals surface area contributed by atoms with Gasteiger partial charge in [0.15, 0.2) is 5.69 Å². The summed E-state index contributed by atoms with van der Waals surface area (Å²) in [7, 11) is 0. The van der Waals surface area contributed by atoms with Gasteiger partial charge in [-0.15, -0.1) is 11.3 Å². The quantitative estimate of drug-likeness (QED) is 0.770. The molecule has 3 N–H and O–H groups in total. The summed E-state index contributed by atoms with van der Waals surface area (Å²) in [5.74, 6) is -0.163. The second-order valence-electron chi connectivity index (χ2n) is 4.45. The molecule has 0 spiro atoms. The summed E-state index contributed by atoms with van der Waals surface area (Å²) in [5.41, 5.74) is 6.14. The van der Waals surface area contributed by atoms with Crippen LogP contribution in [0.1, 0.15) is 48.8 Å².